The largest absolute Gasteiger partial charge is 0.462 e. The molecule has 0 rings (SSSR count). The highest BCUT2D eigenvalue weighted by molar-refractivity contribution is 5.71. The lowest BCUT2D eigenvalue weighted by Crippen LogP contribution is -2.30. The van der Waals surface area contributed by atoms with Crippen molar-refractivity contribution in [2.24, 2.45) is 0 Å². The van der Waals surface area contributed by atoms with Crippen LogP contribution in [0.2, 0.25) is 0 Å². The van der Waals surface area contributed by atoms with Gasteiger partial charge in [-0.3, -0.25) is 14.4 Å². The van der Waals surface area contributed by atoms with E-state index in [1.165, 1.54) is 218 Å². The fourth-order valence-electron chi connectivity index (χ4n) is 9.53. The van der Waals surface area contributed by atoms with Crippen LogP contribution in [0.3, 0.4) is 0 Å². The van der Waals surface area contributed by atoms with Crippen LogP contribution >= 0.6 is 0 Å². The molecular formula is C66H122O6. The summed E-state index contributed by atoms with van der Waals surface area (Å²) < 4.78 is 16.9. The van der Waals surface area contributed by atoms with E-state index in [4.69, 9.17) is 14.2 Å². The van der Waals surface area contributed by atoms with Gasteiger partial charge in [0, 0.05) is 19.3 Å². The quantitative estimate of drug-likeness (QED) is 0.0261. The van der Waals surface area contributed by atoms with Gasteiger partial charge < -0.3 is 14.2 Å². The molecule has 0 aliphatic rings. The maximum absolute atomic E-state index is 12.9. The standard InChI is InChI=1S/C66H122O6/c1-4-7-10-13-16-19-22-25-27-28-29-30-31-32-33-34-35-36-37-38-40-41-44-47-50-53-56-59-65(68)71-62-63(61-70-64(67)58-55-52-49-46-43-24-21-18-15-12-9-6-3)72-66(69)60-57-54-51-48-45-42-39-26-23-20-17-14-11-8-5-2/h17-18,20-21,26,39,63H,4-16,19,22-25,27-38,40-62H2,1-3H3/b20-17-,21-18-,39-26-. The van der Waals surface area contributed by atoms with Gasteiger partial charge in [-0.1, -0.05) is 288 Å². The van der Waals surface area contributed by atoms with Crippen LogP contribution < -0.4 is 0 Å². The van der Waals surface area contributed by atoms with Crippen molar-refractivity contribution >= 4 is 17.9 Å². The minimum atomic E-state index is -0.780. The molecule has 0 bridgehead atoms. The Balaban J connectivity index is 4.17. The zero-order valence-corrected chi connectivity index (χ0v) is 48.5. The molecule has 422 valence electrons. The third kappa shape index (κ3) is 58.5. The third-order valence-corrected chi connectivity index (χ3v) is 14.4. The molecule has 0 aromatic carbocycles. The number of carbonyl (C=O) groups is 3. The topological polar surface area (TPSA) is 78.9 Å². The predicted octanol–water partition coefficient (Wildman–Crippen LogP) is 21.6. The van der Waals surface area contributed by atoms with Gasteiger partial charge in [0.25, 0.3) is 0 Å². The number of hydrogen-bond acceptors (Lipinski definition) is 6. The van der Waals surface area contributed by atoms with Gasteiger partial charge in [0.05, 0.1) is 0 Å². The van der Waals surface area contributed by atoms with Crippen molar-refractivity contribution in [1.82, 2.24) is 0 Å². The Kier molecular flexibility index (Phi) is 59.2. The minimum Gasteiger partial charge on any atom is -0.462 e. The van der Waals surface area contributed by atoms with Crippen LogP contribution in [-0.4, -0.2) is 37.2 Å². The van der Waals surface area contributed by atoms with Crippen LogP contribution in [0.25, 0.3) is 0 Å². The van der Waals surface area contributed by atoms with Crippen molar-refractivity contribution in [1.29, 1.82) is 0 Å². The maximum Gasteiger partial charge on any atom is 0.306 e. The molecule has 1 atom stereocenters. The summed E-state index contributed by atoms with van der Waals surface area (Å²) >= 11 is 0. The predicted molar refractivity (Wildman–Crippen MR) is 312 cm³/mol. The van der Waals surface area contributed by atoms with Crippen LogP contribution in [0, 0.1) is 0 Å². The summed E-state index contributed by atoms with van der Waals surface area (Å²) in [6.07, 6.45) is 74.5. The van der Waals surface area contributed by atoms with Crippen LogP contribution in [0.5, 0.6) is 0 Å². The van der Waals surface area contributed by atoms with Crippen LogP contribution in [-0.2, 0) is 28.6 Å². The van der Waals surface area contributed by atoms with Gasteiger partial charge >= 0.3 is 17.9 Å². The summed E-state index contributed by atoms with van der Waals surface area (Å²) in [5.41, 5.74) is 0. The Hall–Kier alpha value is -2.37. The third-order valence-electron chi connectivity index (χ3n) is 14.4. The summed E-state index contributed by atoms with van der Waals surface area (Å²) in [7, 11) is 0. The molecule has 0 heterocycles. The monoisotopic (exact) mass is 1010 g/mol. The maximum atomic E-state index is 12.9. The molecule has 0 saturated heterocycles. The Morgan fingerprint density at radius 1 is 0.278 bits per heavy atom. The lowest BCUT2D eigenvalue weighted by atomic mass is 10.0. The van der Waals surface area contributed by atoms with E-state index >= 15 is 0 Å². The molecule has 0 fully saturated rings. The van der Waals surface area contributed by atoms with Crippen molar-refractivity contribution in [2.75, 3.05) is 13.2 Å². The molecule has 0 saturated carbocycles. The summed E-state index contributed by atoms with van der Waals surface area (Å²) in [6, 6.07) is 0. The molecule has 0 aliphatic carbocycles. The van der Waals surface area contributed by atoms with E-state index in [0.717, 1.165) is 89.9 Å². The van der Waals surface area contributed by atoms with Gasteiger partial charge in [-0.15, -0.1) is 0 Å². The molecule has 6 nitrogen and oxygen atoms in total. The summed E-state index contributed by atoms with van der Waals surface area (Å²) in [6.45, 7) is 6.62. The number of ether oxygens (including phenoxy) is 3. The average molecular weight is 1010 g/mol. The summed E-state index contributed by atoms with van der Waals surface area (Å²) in [4.78, 5) is 38.2. The van der Waals surface area contributed by atoms with E-state index in [9.17, 15) is 14.4 Å². The first kappa shape index (κ1) is 69.6. The van der Waals surface area contributed by atoms with Crippen molar-refractivity contribution in [2.45, 2.75) is 354 Å². The lowest BCUT2D eigenvalue weighted by Gasteiger charge is -2.18. The first-order chi connectivity index (χ1) is 35.5. The molecule has 0 aromatic heterocycles. The van der Waals surface area contributed by atoms with E-state index in [1.54, 1.807) is 0 Å². The summed E-state index contributed by atoms with van der Waals surface area (Å²) in [5, 5.41) is 0. The molecule has 0 aliphatic heterocycles. The van der Waals surface area contributed by atoms with Crippen molar-refractivity contribution in [3.05, 3.63) is 36.5 Å². The van der Waals surface area contributed by atoms with Gasteiger partial charge in [0.15, 0.2) is 6.10 Å². The Morgan fingerprint density at radius 2 is 0.500 bits per heavy atom. The van der Waals surface area contributed by atoms with Crippen molar-refractivity contribution < 1.29 is 28.6 Å². The molecule has 0 N–H and O–H groups in total. The Bertz CT molecular complexity index is 1210. The Morgan fingerprint density at radius 3 is 0.806 bits per heavy atom. The zero-order chi connectivity index (χ0) is 52.2. The number of rotatable bonds is 59. The summed E-state index contributed by atoms with van der Waals surface area (Å²) in [5.74, 6) is -0.881. The Labute approximate surface area is 448 Å². The molecule has 0 aromatic rings. The first-order valence-electron chi connectivity index (χ1n) is 32.0. The molecule has 0 spiro atoms. The van der Waals surface area contributed by atoms with Crippen LogP contribution in [0.1, 0.15) is 348 Å². The number of unbranched alkanes of at least 4 members (excludes halogenated alkanes) is 42. The lowest BCUT2D eigenvalue weighted by molar-refractivity contribution is -0.167. The molecule has 0 radical (unpaired) electrons. The minimum absolute atomic E-state index is 0.0768. The van der Waals surface area contributed by atoms with Gasteiger partial charge in [0.1, 0.15) is 13.2 Å². The molecule has 1 unspecified atom stereocenters. The molecule has 6 heteroatoms. The van der Waals surface area contributed by atoms with E-state index in [0.29, 0.717) is 19.3 Å². The van der Waals surface area contributed by atoms with Crippen LogP contribution in [0.15, 0.2) is 36.5 Å². The zero-order valence-electron chi connectivity index (χ0n) is 48.5. The van der Waals surface area contributed by atoms with Crippen molar-refractivity contribution in [3.8, 4) is 0 Å². The second kappa shape index (κ2) is 61.2. The second-order valence-electron chi connectivity index (χ2n) is 21.7. The number of hydrogen-bond donors (Lipinski definition) is 0. The highest BCUT2D eigenvalue weighted by atomic mass is 16.6. The van der Waals surface area contributed by atoms with Gasteiger partial charge in [-0.25, -0.2) is 0 Å². The van der Waals surface area contributed by atoms with Gasteiger partial charge in [-0.05, 0) is 77.0 Å². The van der Waals surface area contributed by atoms with E-state index in [-0.39, 0.29) is 31.1 Å². The first-order valence-corrected chi connectivity index (χ1v) is 32.0. The highest BCUT2D eigenvalue weighted by Crippen LogP contribution is 2.18. The normalized spacial score (nSPS) is 12.2. The molecule has 72 heavy (non-hydrogen) atoms. The smallest absolute Gasteiger partial charge is 0.306 e. The van der Waals surface area contributed by atoms with Crippen LogP contribution in [0.4, 0.5) is 0 Å². The van der Waals surface area contributed by atoms with Crippen molar-refractivity contribution in [3.63, 3.8) is 0 Å². The number of allylic oxidation sites excluding steroid dienone is 6. The number of esters is 3. The second-order valence-corrected chi connectivity index (χ2v) is 21.7. The molecular weight excluding hydrogens is 889 g/mol. The van der Waals surface area contributed by atoms with Gasteiger partial charge in [0.2, 0.25) is 0 Å². The van der Waals surface area contributed by atoms with E-state index < -0.39 is 6.10 Å². The highest BCUT2D eigenvalue weighted by Gasteiger charge is 2.19. The fraction of sp³-hybridized carbons (Fsp3) is 0.864. The van der Waals surface area contributed by atoms with Gasteiger partial charge in [-0.2, -0.15) is 0 Å². The number of carbonyl (C=O) groups excluding carboxylic acids is 3. The fourth-order valence-corrected chi connectivity index (χ4v) is 9.53. The average Bonchev–Trinajstić information content (AvgIpc) is 3.38. The molecule has 0 amide bonds. The van der Waals surface area contributed by atoms with E-state index in [2.05, 4.69) is 57.2 Å². The SMILES string of the molecule is CCCCC/C=C\C/C=C\CCCCCCCC(=O)OC(COC(=O)CCCCCCC/C=C\CCCCC)COC(=O)CCCCCCCCCCCCCCCCCCCCCCCCCCCCC. The van der Waals surface area contributed by atoms with E-state index in [1.807, 2.05) is 0 Å².